The first kappa shape index (κ1) is 12.9. The van der Waals surface area contributed by atoms with Gasteiger partial charge in [0.1, 0.15) is 11.4 Å². The first-order chi connectivity index (χ1) is 7.51. The van der Waals surface area contributed by atoms with E-state index in [1.165, 1.54) is 11.5 Å². The van der Waals surface area contributed by atoms with Crippen molar-refractivity contribution < 1.29 is 9.90 Å². The first-order valence-corrected chi connectivity index (χ1v) is 6.13. The van der Waals surface area contributed by atoms with Crippen molar-refractivity contribution in [1.82, 2.24) is 9.36 Å². The largest absolute Gasteiger partial charge is 0.480 e. The second-order valence-corrected chi connectivity index (χ2v) is 4.63. The van der Waals surface area contributed by atoms with Crippen LogP contribution in [0.4, 0.5) is 5.13 Å². The van der Waals surface area contributed by atoms with Crippen molar-refractivity contribution in [3.8, 4) is 0 Å². The average molecular weight is 243 g/mol. The highest BCUT2D eigenvalue weighted by molar-refractivity contribution is 7.09. The van der Waals surface area contributed by atoms with Gasteiger partial charge in [-0.3, -0.25) is 0 Å². The van der Waals surface area contributed by atoms with Crippen molar-refractivity contribution in [2.75, 3.05) is 5.32 Å². The second-order valence-electron chi connectivity index (χ2n) is 3.88. The highest BCUT2D eigenvalue weighted by atomic mass is 32.1. The minimum atomic E-state index is -0.959. The molecule has 1 aromatic rings. The van der Waals surface area contributed by atoms with E-state index in [1.54, 1.807) is 6.92 Å². The van der Waals surface area contributed by atoms with E-state index in [9.17, 15) is 9.90 Å². The summed E-state index contributed by atoms with van der Waals surface area (Å²) in [4.78, 5) is 15.4. The van der Waals surface area contributed by atoms with Gasteiger partial charge >= 0.3 is 5.97 Å². The highest BCUT2D eigenvalue weighted by Crippen LogP contribution is 2.22. The molecule has 16 heavy (non-hydrogen) atoms. The van der Waals surface area contributed by atoms with Crippen LogP contribution in [0, 0.1) is 0 Å². The van der Waals surface area contributed by atoms with Gasteiger partial charge in [-0.2, -0.15) is 4.37 Å². The molecule has 1 unspecified atom stereocenters. The molecule has 0 aromatic carbocycles. The quantitative estimate of drug-likeness (QED) is 0.800. The lowest BCUT2D eigenvalue weighted by Crippen LogP contribution is -2.43. The van der Waals surface area contributed by atoms with E-state index in [1.807, 2.05) is 13.8 Å². The fourth-order valence-electron chi connectivity index (χ4n) is 1.41. The summed E-state index contributed by atoms with van der Waals surface area (Å²) in [5.41, 5.74) is -0.959. The van der Waals surface area contributed by atoms with Crippen LogP contribution in [0.25, 0.3) is 0 Å². The van der Waals surface area contributed by atoms with Gasteiger partial charge in [0.25, 0.3) is 0 Å². The number of carboxylic acids is 1. The lowest BCUT2D eigenvalue weighted by Gasteiger charge is -2.24. The molecule has 0 aliphatic carbocycles. The molecule has 0 saturated carbocycles. The molecule has 1 rings (SSSR count). The van der Waals surface area contributed by atoms with Crippen LogP contribution in [0.1, 0.15) is 39.4 Å². The lowest BCUT2D eigenvalue weighted by molar-refractivity contribution is -0.141. The highest BCUT2D eigenvalue weighted by Gasteiger charge is 2.32. The van der Waals surface area contributed by atoms with Gasteiger partial charge in [0.15, 0.2) is 0 Å². The van der Waals surface area contributed by atoms with Gasteiger partial charge in [-0.05, 0) is 13.3 Å². The fourth-order valence-corrected chi connectivity index (χ4v) is 2.19. The Balaban J connectivity index is 2.79. The zero-order valence-corrected chi connectivity index (χ0v) is 10.6. The Bertz CT molecular complexity index is 367. The molecule has 6 heteroatoms. The molecule has 0 aliphatic rings. The maximum atomic E-state index is 11.2. The summed E-state index contributed by atoms with van der Waals surface area (Å²) in [5.74, 6) is -0.112. The number of hydrogen-bond donors (Lipinski definition) is 2. The van der Waals surface area contributed by atoms with Gasteiger partial charge in [0.05, 0.1) is 0 Å². The number of aliphatic carboxylic acids is 1. The summed E-state index contributed by atoms with van der Waals surface area (Å²) in [6.45, 7) is 5.60. The Hall–Kier alpha value is -1.17. The van der Waals surface area contributed by atoms with Crippen molar-refractivity contribution in [3.05, 3.63) is 5.82 Å². The third-order valence-electron chi connectivity index (χ3n) is 2.39. The third kappa shape index (κ3) is 2.91. The topological polar surface area (TPSA) is 75.1 Å². The Morgan fingerprint density at radius 2 is 2.25 bits per heavy atom. The van der Waals surface area contributed by atoms with Gasteiger partial charge in [0.2, 0.25) is 5.13 Å². The van der Waals surface area contributed by atoms with E-state index in [0.29, 0.717) is 11.6 Å². The predicted molar refractivity (Wildman–Crippen MR) is 63.9 cm³/mol. The Kier molecular flexibility index (Phi) is 4.23. The van der Waals surface area contributed by atoms with Gasteiger partial charge < -0.3 is 10.4 Å². The Labute approximate surface area is 99.1 Å². The van der Waals surface area contributed by atoms with Crippen LogP contribution in [0.2, 0.25) is 0 Å². The van der Waals surface area contributed by atoms with Crippen LogP contribution in [-0.4, -0.2) is 26.0 Å². The minimum Gasteiger partial charge on any atom is -0.480 e. The van der Waals surface area contributed by atoms with Gasteiger partial charge in [0, 0.05) is 18.0 Å². The second kappa shape index (κ2) is 5.25. The zero-order chi connectivity index (χ0) is 12.2. The van der Waals surface area contributed by atoms with Crippen molar-refractivity contribution in [2.45, 2.75) is 45.6 Å². The van der Waals surface area contributed by atoms with Gasteiger partial charge in [-0.25, -0.2) is 9.78 Å². The summed E-state index contributed by atoms with van der Waals surface area (Å²) in [6.07, 6.45) is 2.12. The molecule has 1 aromatic heterocycles. The summed E-state index contributed by atoms with van der Waals surface area (Å²) in [5, 5.41) is 12.7. The summed E-state index contributed by atoms with van der Waals surface area (Å²) >= 11 is 1.21. The molecule has 2 N–H and O–H groups in total. The van der Waals surface area contributed by atoms with Crippen LogP contribution in [-0.2, 0) is 11.2 Å². The van der Waals surface area contributed by atoms with E-state index >= 15 is 0 Å². The van der Waals surface area contributed by atoms with E-state index in [-0.39, 0.29) is 0 Å². The number of nitrogens with one attached hydrogen (secondary N) is 1. The van der Waals surface area contributed by atoms with Crippen molar-refractivity contribution >= 4 is 22.6 Å². The number of carboxylic acid groups (broad SMARTS) is 1. The van der Waals surface area contributed by atoms with Crippen LogP contribution in [0.5, 0.6) is 0 Å². The maximum absolute atomic E-state index is 11.2. The van der Waals surface area contributed by atoms with Crippen molar-refractivity contribution in [3.63, 3.8) is 0 Å². The third-order valence-corrected chi connectivity index (χ3v) is 3.06. The lowest BCUT2D eigenvalue weighted by atomic mass is 9.97. The Morgan fingerprint density at radius 3 is 2.69 bits per heavy atom. The molecule has 0 amide bonds. The smallest absolute Gasteiger partial charge is 0.329 e. The fraction of sp³-hybridized carbons (Fsp3) is 0.700. The van der Waals surface area contributed by atoms with Crippen LogP contribution >= 0.6 is 11.5 Å². The van der Waals surface area contributed by atoms with E-state index in [2.05, 4.69) is 14.7 Å². The number of anilines is 1. The van der Waals surface area contributed by atoms with Crippen LogP contribution < -0.4 is 5.32 Å². The average Bonchev–Trinajstić information content (AvgIpc) is 2.65. The minimum absolute atomic E-state index is 0.559. The molecule has 0 saturated heterocycles. The van der Waals surface area contributed by atoms with E-state index in [4.69, 9.17) is 0 Å². The molecular weight excluding hydrogens is 226 g/mol. The number of aromatic nitrogens is 2. The summed E-state index contributed by atoms with van der Waals surface area (Å²) in [6, 6.07) is 0. The Morgan fingerprint density at radius 1 is 1.56 bits per heavy atom. The molecular formula is C10H17N3O2S. The molecule has 0 bridgehead atoms. The maximum Gasteiger partial charge on any atom is 0.329 e. The normalized spacial score (nSPS) is 14.4. The van der Waals surface area contributed by atoms with Gasteiger partial charge in [-0.1, -0.05) is 20.3 Å². The van der Waals surface area contributed by atoms with Crippen molar-refractivity contribution in [1.29, 1.82) is 0 Å². The molecule has 0 fully saturated rings. The van der Waals surface area contributed by atoms with E-state index in [0.717, 1.165) is 18.7 Å². The van der Waals surface area contributed by atoms with Gasteiger partial charge in [-0.15, -0.1) is 0 Å². The van der Waals surface area contributed by atoms with Crippen LogP contribution in [0.15, 0.2) is 0 Å². The molecule has 0 radical (unpaired) electrons. The SMILES string of the molecule is CCCC(C)(Nc1nc(CC)ns1)C(=O)O. The summed E-state index contributed by atoms with van der Waals surface area (Å²) in [7, 11) is 0. The molecule has 0 aliphatic heterocycles. The monoisotopic (exact) mass is 243 g/mol. The predicted octanol–water partition coefficient (Wildman–Crippen LogP) is 2.16. The number of hydrogen-bond acceptors (Lipinski definition) is 5. The molecule has 1 heterocycles. The van der Waals surface area contributed by atoms with Crippen LogP contribution in [0.3, 0.4) is 0 Å². The molecule has 1 atom stereocenters. The standard InChI is InChI=1S/C10H17N3O2S/c1-4-6-10(3,8(14)15)12-9-11-7(5-2)13-16-9/h4-6H2,1-3H3,(H,14,15)(H,11,12,13). The molecule has 90 valence electrons. The number of aryl methyl sites for hydroxylation is 1. The number of carbonyl (C=O) groups is 1. The first-order valence-electron chi connectivity index (χ1n) is 5.36. The number of nitrogens with zero attached hydrogens (tertiary/aromatic N) is 2. The number of rotatable bonds is 6. The zero-order valence-electron chi connectivity index (χ0n) is 9.78. The van der Waals surface area contributed by atoms with Crippen molar-refractivity contribution in [2.24, 2.45) is 0 Å². The summed E-state index contributed by atoms with van der Waals surface area (Å²) < 4.78 is 4.11. The van der Waals surface area contributed by atoms with E-state index < -0.39 is 11.5 Å². The molecule has 5 nitrogen and oxygen atoms in total. The molecule has 0 spiro atoms.